The highest BCUT2D eigenvalue weighted by Crippen LogP contribution is 2.40. The summed E-state index contributed by atoms with van der Waals surface area (Å²) in [5.74, 6) is -0.269. The molecule has 0 aromatic carbocycles. The Labute approximate surface area is 251 Å². The molecule has 1 aliphatic carbocycles. The number of hydrogen-bond acceptors (Lipinski definition) is 6. The normalized spacial score (nSPS) is 14.4. The van der Waals surface area contributed by atoms with Gasteiger partial charge in [-0.1, -0.05) is 31.5 Å². The smallest absolute Gasteiger partial charge is 0.219 e. The largest absolute Gasteiger partial charge is 0.511 e. The first kappa shape index (κ1) is 32.5. The van der Waals surface area contributed by atoms with Crippen molar-refractivity contribution in [3.05, 3.63) is 76.2 Å². The molecule has 11 heteroatoms. The van der Waals surface area contributed by atoms with Crippen molar-refractivity contribution in [1.29, 1.82) is 0 Å². The van der Waals surface area contributed by atoms with Crippen LogP contribution in [0.4, 0.5) is 15.9 Å². The Kier molecular flexibility index (Phi) is 11.4. The summed E-state index contributed by atoms with van der Waals surface area (Å²) in [4.78, 5) is 41.3. The van der Waals surface area contributed by atoms with Gasteiger partial charge in [-0.15, -0.1) is 6.58 Å². The van der Waals surface area contributed by atoms with Crippen LogP contribution in [0, 0.1) is 6.92 Å². The van der Waals surface area contributed by atoms with Gasteiger partial charge >= 0.3 is 0 Å². The van der Waals surface area contributed by atoms with Crippen LogP contribution >= 0.6 is 11.6 Å². The summed E-state index contributed by atoms with van der Waals surface area (Å²) in [7, 11) is 1.61. The predicted octanol–water partition coefficient (Wildman–Crippen LogP) is 6.16. The van der Waals surface area contributed by atoms with Gasteiger partial charge in [0, 0.05) is 38.8 Å². The van der Waals surface area contributed by atoms with Crippen molar-refractivity contribution in [2.45, 2.75) is 58.9 Å². The quantitative estimate of drug-likeness (QED) is 0.124. The van der Waals surface area contributed by atoms with Crippen LogP contribution < -0.4 is 10.2 Å². The Balaban J connectivity index is 2.40. The lowest BCUT2D eigenvalue weighted by atomic mass is 9.99. The molecule has 42 heavy (non-hydrogen) atoms. The molecule has 224 valence electrons. The van der Waals surface area contributed by atoms with Gasteiger partial charge in [0.1, 0.15) is 17.4 Å². The Morgan fingerprint density at radius 3 is 2.67 bits per heavy atom. The van der Waals surface area contributed by atoms with Gasteiger partial charge in [0.05, 0.1) is 33.2 Å². The molecule has 9 nitrogen and oxygen atoms in total. The Hall–Kier alpha value is -4.05. The minimum absolute atomic E-state index is 0.00428. The second-order valence-corrected chi connectivity index (χ2v) is 10.7. The number of nitrogens with one attached hydrogen (secondary N) is 1. The fraction of sp³-hybridized carbons (Fsp3) is 0.387. The number of pyridine rings is 2. The third kappa shape index (κ3) is 6.87. The number of hydrogen-bond donors (Lipinski definition) is 2. The van der Waals surface area contributed by atoms with Crippen LogP contribution in [0.5, 0.6) is 0 Å². The molecule has 0 saturated heterocycles. The fourth-order valence-electron chi connectivity index (χ4n) is 4.97. The second kappa shape index (κ2) is 14.7. The maximum Gasteiger partial charge on any atom is 0.219 e. The average Bonchev–Trinajstić information content (AvgIpc) is 2.96. The van der Waals surface area contributed by atoms with Gasteiger partial charge < -0.3 is 15.3 Å². The van der Waals surface area contributed by atoms with E-state index in [-0.39, 0.29) is 46.2 Å². The van der Waals surface area contributed by atoms with Crippen molar-refractivity contribution in [1.82, 2.24) is 20.2 Å². The maximum atomic E-state index is 15.1. The molecule has 1 atom stereocenters. The monoisotopic (exact) mass is 596 g/mol. The predicted molar refractivity (Wildman–Crippen MR) is 166 cm³/mol. The summed E-state index contributed by atoms with van der Waals surface area (Å²) < 4.78 is 15.1. The number of aliphatic imine (C=N–C) groups is 1. The van der Waals surface area contributed by atoms with E-state index in [1.165, 1.54) is 11.0 Å². The van der Waals surface area contributed by atoms with Crippen LogP contribution in [0.3, 0.4) is 0 Å². The van der Waals surface area contributed by atoms with E-state index in [0.717, 1.165) is 5.56 Å². The van der Waals surface area contributed by atoms with Crippen LogP contribution in [-0.2, 0) is 9.59 Å². The summed E-state index contributed by atoms with van der Waals surface area (Å²) in [6.07, 6.45) is 7.27. The lowest BCUT2D eigenvalue weighted by molar-refractivity contribution is -0.109. The molecule has 2 heterocycles. The number of aliphatic hydroxyl groups is 1. The molecule has 2 aromatic heterocycles. The average molecular weight is 597 g/mol. The number of halogens is 2. The maximum absolute atomic E-state index is 15.1. The van der Waals surface area contributed by atoms with Crippen molar-refractivity contribution in [2.75, 3.05) is 25.0 Å². The Morgan fingerprint density at radius 1 is 1.33 bits per heavy atom. The molecule has 0 saturated carbocycles. The summed E-state index contributed by atoms with van der Waals surface area (Å²) in [5, 5.41) is 13.5. The van der Waals surface area contributed by atoms with E-state index in [2.05, 4.69) is 21.9 Å². The minimum Gasteiger partial charge on any atom is -0.511 e. The van der Waals surface area contributed by atoms with Gasteiger partial charge in [-0.2, -0.15) is 0 Å². The molecule has 1 aliphatic rings. The number of carbonyl (C=O) groups excluding carboxylic acids is 2. The molecule has 2 amide bonds. The first-order valence-corrected chi connectivity index (χ1v) is 14.2. The molecule has 0 radical (unpaired) electrons. The van der Waals surface area contributed by atoms with Crippen LogP contribution in [0.1, 0.15) is 68.5 Å². The summed E-state index contributed by atoms with van der Waals surface area (Å²) in [6.45, 7) is 12.4. The zero-order chi connectivity index (χ0) is 31.0. The van der Waals surface area contributed by atoms with Crippen LogP contribution in [0.15, 0.2) is 53.6 Å². The lowest BCUT2D eigenvalue weighted by Gasteiger charge is -2.34. The van der Waals surface area contributed by atoms with E-state index >= 15 is 4.39 Å². The summed E-state index contributed by atoms with van der Waals surface area (Å²) >= 11 is 6.78. The number of carbonyl (C=O) groups is 2. The number of amidine groups is 1. The molecule has 2 aromatic rings. The zero-order valence-corrected chi connectivity index (χ0v) is 25.5. The van der Waals surface area contributed by atoms with Gasteiger partial charge in [-0.05, 0) is 56.4 Å². The number of aromatic nitrogens is 2. The molecule has 3 rings (SSSR count). The topological polar surface area (TPSA) is 111 Å². The summed E-state index contributed by atoms with van der Waals surface area (Å²) in [5.41, 5.74) is 2.27. The van der Waals surface area contributed by atoms with Crippen molar-refractivity contribution in [3.8, 4) is 0 Å². The molecule has 0 fully saturated rings. The highest BCUT2D eigenvalue weighted by molar-refractivity contribution is 6.33. The van der Waals surface area contributed by atoms with Gasteiger partial charge in [0.2, 0.25) is 12.8 Å². The third-order valence-corrected chi connectivity index (χ3v) is 7.32. The first-order chi connectivity index (χ1) is 20.1. The van der Waals surface area contributed by atoms with Gasteiger partial charge in [-0.25, -0.2) is 9.37 Å². The van der Waals surface area contributed by atoms with E-state index in [1.807, 2.05) is 32.6 Å². The second-order valence-electron chi connectivity index (χ2n) is 10.3. The standard InChI is InChI=1S/C31H38ClFN6O3/c1-7-8-14-38(21(5)16-35-17-40)30(34-6)22-15-23(32)28(26-24(33)10-9-11-25(26)42)37-31(22)39(18-41)29-20(4)12-13-36-27(29)19(2)3/h7,10,12-13,15,17-19,21,42H,1,8-9,11,14,16H2,2-6H3,(H,35,40)/b34-30+. The van der Waals surface area contributed by atoms with E-state index in [9.17, 15) is 14.7 Å². The van der Waals surface area contributed by atoms with E-state index in [4.69, 9.17) is 16.6 Å². The zero-order valence-electron chi connectivity index (χ0n) is 24.7. The van der Waals surface area contributed by atoms with E-state index in [1.54, 1.807) is 31.5 Å². The minimum atomic E-state index is -0.643. The Morgan fingerprint density at radius 2 is 2.07 bits per heavy atom. The van der Waals surface area contributed by atoms with Gasteiger partial charge in [0.25, 0.3) is 0 Å². The molecule has 0 aliphatic heterocycles. The molecular formula is C31H38ClFN6O3. The molecular weight excluding hydrogens is 559 g/mol. The number of nitrogens with zero attached hydrogens (tertiary/aromatic N) is 5. The third-order valence-electron chi connectivity index (χ3n) is 7.03. The molecule has 2 N–H and O–H groups in total. The van der Waals surface area contributed by atoms with Crippen molar-refractivity contribution in [2.24, 2.45) is 4.99 Å². The van der Waals surface area contributed by atoms with Crippen LogP contribution in [-0.4, -0.2) is 64.8 Å². The highest BCUT2D eigenvalue weighted by Gasteiger charge is 2.31. The van der Waals surface area contributed by atoms with Crippen molar-refractivity contribution >= 4 is 47.3 Å². The number of rotatable bonds is 13. The van der Waals surface area contributed by atoms with E-state index in [0.29, 0.717) is 61.5 Å². The molecule has 0 spiro atoms. The SMILES string of the molecule is C=CCCN(/C(=N/C)c1cc(Cl)c(C2=C(O)CCC=C2F)nc1N(C=O)c1c(C)ccnc1C(C)C)C(C)CNC=O. The van der Waals surface area contributed by atoms with Crippen LogP contribution in [0.2, 0.25) is 5.02 Å². The van der Waals surface area contributed by atoms with Crippen LogP contribution in [0.25, 0.3) is 5.57 Å². The number of amides is 2. The molecule has 0 bridgehead atoms. The highest BCUT2D eigenvalue weighted by atomic mass is 35.5. The Bertz CT molecular complexity index is 1420. The number of anilines is 2. The van der Waals surface area contributed by atoms with Gasteiger partial charge in [0.15, 0.2) is 5.82 Å². The van der Waals surface area contributed by atoms with Crippen molar-refractivity contribution in [3.63, 3.8) is 0 Å². The lowest BCUT2D eigenvalue weighted by Crippen LogP contribution is -2.45. The first-order valence-electron chi connectivity index (χ1n) is 13.8. The number of aryl methyl sites for hydroxylation is 1. The number of allylic oxidation sites excluding steroid dienone is 4. The number of aliphatic hydroxyl groups excluding tert-OH is 1. The summed E-state index contributed by atoms with van der Waals surface area (Å²) in [6, 6.07) is 3.16. The molecule has 1 unspecified atom stereocenters. The fourth-order valence-corrected chi connectivity index (χ4v) is 5.21. The van der Waals surface area contributed by atoms with E-state index < -0.39 is 5.83 Å². The van der Waals surface area contributed by atoms with Crippen molar-refractivity contribution < 1.29 is 19.1 Å². The van der Waals surface area contributed by atoms with Gasteiger partial charge in [-0.3, -0.25) is 24.5 Å².